The number of carbonyl (C=O) groups excluding carboxylic acids is 2. The number of rotatable bonds is 7. The smallest absolute Gasteiger partial charge is 0.275 e. The van der Waals surface area contributed by atoms with Crippen LogP contribution in [0, 0.1) is 11.6 Å². The van der Waals surface area contributed by atoms with Crippen LogP contribution in [-0.4, -0.2) is 44.8 Å². The standard InChI is InChI=1S/C29H26F4N4O4S/c1-2-36-21-12-29(32,33)13-22(21)37-14-19(27(39)35-34-23(42)10-17-8-9-18(30)11-20(17)31)25(38)26(24(37)28(36)40)41-15-16-6-4-3-5-7-16/h3-9,11,14,21-22H,2,10,12-13,15H2,1H3,(H,34,42)(H,35,39)/t21-,22+/m1/s1. The molecular formula is C29H26F4N4O4S. The predicted molar refractivity (Wildman–Crippen MR) is 148 cm³/mol. The second kappa shape index (κ2) is 11.6. The lowest BCUT2D eigenvalue weighted by atomic mass is 10.0. The van der Waals surface area contributed by atoms with Crippen molar-refractivity contribution in [3.63, 3.8) is 0 Å². The number of thiocarbonyl (C=S) groups is 1. The van der Waals surface area contributed by atoms with Gasteiger partial charge >= 0.3 is 0 Å². The number of hydrazine groups is 1. The van der Waals surface area contributed by atoms with Gasteiger partial charge in [0.15, 0.2) is 11.4 Å². The van der Waals surface area contributed by atoms with Crippen LogP contribution in [0.3, 0.4) is 0 Å². The van der Waals surface area contributed by atoms with Crippen LogP contribution in [0.25, 0.3) is 0 Å². The molecule has 220 valence electrons. The topological polar surface area (TPSA) is 92.7 Å². The highest BCUT2D eigenvalue weighted by atomic mass is 32.1. The minimum atomic E-state index is -3.06. The van der Waals surface area contributed by atoms with Crippen molar-refractivity contribution in [3.05, 3.63) is 99.0 Å². The largest absolute Gasteiger partial charge is 0.483 e. The fourth-order valence-corrected chi connectivity index (χ4v) is 5.62. The fraction of sp³-hybridized carbons (Fsp3) is 0.310. The third-order valence-corrected chi connectivity index (χ3v) is 7.61. The molecule has 2 atom stereocenters. The molecule has 1 aliphatic heterocycles. The number of benzene rings is 2. The van der Waals surface area contributed by atoms with Crippen LogP contribution in [0.2, 0.25) is 0 Å². The van der Waals surface area contributed by atoms with Gasteiger partial charge in [-0.15, -0.1) is 0 Å². The Labute approximate surface area is 243 Å². The van der Waals surface area contributed by atoms with E-state index in [-0.39, 0.29) is 35.8 Å². The van der Waals surface area contributed by atoms with Crippen molar-refractivity contribution in [2.24, 2.45) is 0 Å². The van der Waals surface area contributed by atoms with E-state index in [0.29, 0.717) is 11.6 Å². The van der Waals surface area contributed by atoms with Crippen molar-refractivity contribution < 1.29 is 31.9 Å². The van der Waals surface area contributed by atoms with Crippen LogP contribution in [0.4, 0.5) is 17.6 Å². The monoisotopic (exact) mass is 602 g/mol. The second-order valence-electron chi connectivity index (χ2n) is 10.1. The van der Waals surface area contributed by atoms with E-state index in [1.807, 2.05) is 0 Å². The van der Waals surface area contributed by atoms with Crippen LogP contribution >= 0.6 is 12.2 Å². The first-order valence-electron chi connectivity index (χ1n) is 13.2. The summed E-state index contributed by atoms with van der Waals surface area (Å²) in [7, 11) is 0. The Morgan fingerprint density at radius 3 is 2.48 bits per heavy atom. The summed E-state index contributed by atoms with van der Waals surface area (Å²) < 4.78 is 63.6. The molecule has 13 heteroatoms. The average Bonchev–Trinajstić information content (AvgIpc) is 3.28. The number of nitrogens with one attached hydrogen (secondary N) is 2. The van der Waals surface area contributed by atoms with Gasteiger partial charge in [-0.05, 0) is 24.1 Å². The maximum Gasteiger partial charge on any atom is 0.275 e. The number of likely N-dealkylation sites (N-methyl/N-ethyl adjacent to an activating group) is 1. The SMILES string of the molecule is CCN1C(=O)c2c(OCc3ccccc3)c(=O)c(C(=O)NNC(=S)Cc3ccc(F)cc3F)cn2[C@H]2CC(F)(F)C[C@H]21. The third-order valence-electron chi connectivity index (χ3n) is 7.37. The highest BCUT2D eigenvalue weighted by molar-refractivity contribution is 7.80. The van der Waals surface area contributed by atoms with E-state index in [9.17, 15) is 31.9 Å². The van der Waals surface area contributed by atoms with E-state index in [2.05, 4.69) is 10.9 Å². The number of hydrogen-bond donors (Lipinski definition) is 2. The number of amides is 2. The Bertz CT molecular complexity index is 1620. The second-order valence-corrected chi connectivity index (χ2v) is 10.6. The first kappa shape index (κ1) is 29.2. The molecule has 42 heavy (non-hydrogen) atoms. The maximum atomic E-state index is 14.6. The number of alkyl halides is 2. The highest BCUT2D eigenvalue weighted by Gasteiger charge is 2.54. The zero-order valence-electron chi connectivity index (χ0n) is 22.3. The summed E-state index contributed by atoms with van der Waals surface area (Å²) >= 11 is 5.15. The minimum Gasteiger partial charge on any atom is -0.483 e. The molecule has 1 fully saturated rings. The van der Waals surface area contributed by atoms with E-state index >= 15 is 0 Å². The van der Waals surface area contributed by atoms with Gasteiger partial charge in [0, 0.05) is 38.1 Å². The Kier molecular flexibility index (Phi) is 8.04. The molecule has 2 aliphatic rings. The molecule has 1 aliphatic carbocycles. The normalized spacial score (nSPS) is 18.7. The van der Waals surface area contributed by atoms with E-state index in [1.165, 1.54) is 15.5 Å². The van der Waals surface area contributed by atoms with Crippen molar-refractivity contribution >= 4 is 29.0 Å². The van der Waals surface area contributed by atoms with Gasteiger partial charge in [0.1, 0.15) is 23.8 Å². The number of aromatic nitrogens is 1. The van der Waals surface area contributed by atoms with E-state index < -0.39 is 71.0 Å². The Balaban J connectivity index is 1.48. The number of ether oxygens (including phenoxy) is 1. The maximum absolute atomic E-state index is 14.6. The number of carbonyl (C=O) groups is 2. The lowest BCUT2D eigenvalue weighted by Crippen LogP contribution is -2.50. The van der Waals surface area contributed by atoms with Crippen LogP contribution in [0.1, 0.15) is 57.8 Å². The molecule has 1 saturated carbocycles. The summed E-state index contributed by atoms with van der Waals surface area (Å²) in [6.07, 6.45) is -0.240. The molecular weight excluding hydrogens is 576 g/mol. The molecule has 0 unspecified atom stereocenters. The summed E-state index contributed by atoms with van der Waals surface area (Å²) in [5.74, 6) is -6.71. The molecule has 0 bridgehead atoms. The number of halogens is 4. The van der Waals surface area contributed by atoms with Gasteiger partial charge < -0.3 is 14.2 Å². The summed E-state index contributed by atoms with van der Waals surface area (Å²) in [5.41, 5.74) is 3.84. The summed E-state index contributed by atoms with van der Waals surface area (Å²) in [4.78, 5) is 41.6. The molecule has 2 amide bonds. The van der Waals surface area contributed by atoms with Crippen molar-refractivity contribution in [1.29, 1.82) is 0 Å². The molecule has 0 radical (unpaired) electrons. The first-order valence-corrected chi connectivity index (χ1v) is 13.6. The van der Waals surface area contributed by atoms with Crippen molar-refractivity contribution in [2.75, 3.05) is 6.54 Å². The Hall–Kier alpha value is -4.26. The van der Waals surface area contributed by atoms with E-state index in [4.69, 9.17) is 17.0 Å². The Morgan fingerprint density at radius 2 is 1.79 bits per heavy atom. The van der Waals surface area contributed by atoms with Crippen molar-refractivity contribution in [3.8, 4) is 5.75 Å². The molecule has 1 aromatic heterocycles. The molecule has 2 aromatic carbocycles. The number of fused-ring (bicyclic) bond motifs is 3. The fourth-order valence-electron chi connectivity index (χ4n) is 5.41. The van der Waals surface area contributed by atoms with E-state index in [0.717, 1.165) is 12.3 Å². The van der Waals surface area contributed by atoms with Gasteiger partial charge in [0.05, 0.1) is 17.1 Å². The van der Waals surface area contributed by atoms with Crippen LogP contribution < -0.4 is 21.0 Å². The summed E-state index contributed by atoms with van der Waals surface area (Å²) in [6.45, 7) is 1.68. The number of nitrogens with zero attached hydrogens (tertiary/aromatic N) is 2. The lowest BCUT2D eigenvalue weighted by molar-refractivity contribution is 0.00126. The average molecular weight is 603 g/mol. The predicted octanol–water partition coefficient (Wildman–Crippen LogP) is 4.32. The Morgan fingerprint density at radius 1 is 1.07 bits per heavy atom. The van der Waals surface area contributed by atoms with E-state index in [1.54, 1.807) is 37.3 Å². The van der Waals surface area contributed by atoms with Gasteiger partial charge in [-0.2, -0.15) is 0 Å². The number of pyridine rings is 1. The molecule has 3 aromatic rings. The highest BCUT2D eigenvalue weighted by Crippen LogP contribution is 2.47. The molecule has 0 saturated heterocycles. The molecule has 2 N–H and O–H groups in total. The van der Waals surface area contributed by atoms with Gasteiger partial charge in [-0.3, -0.25) is 25.2 Å². The summed E-state index contributed by atoms with van der Waals surface area (Å²) in [5, 5.41) is 0. The zero-order chi connectivity index (χ0) is 30.2. The van der Waals surface area contributed by atoms with Crippen molar-refractivity contribution in [2.45, 2.75) is 50.8 Å². The van der Waals surface area contributed by atoms with Gasteiger partial charge in [-0.1, -0.05) is 48.6 Å². The van der Waals surface area contributed by atoms with Gasteiger partial charge in [-0.25, -0.2) is 17.6 Å². The van der Waals surface area contributed by atoms with Crippen molar-refractivity contribution in [1.82, 2.24) is 20.3 Å². The first-order chi connectivity index (χ1) is 20.0. The molecule has 5 rings (SSSR count). The van der Waals surface area contributed by atoms with Crippen LogP contribution in [-0.2, 0) is 13.0 Å². The molecule has 8 nitrogen and oxygen atoms in total. The quantitative estimate of drug-likeness (QED) is 0.238. The van der Waals surface area contributed by atoms with Gasteiger partial charge in [0.2, 0.25) is 5.43 Å². The van der Waals surface area contributed by atoms with Crippen LogP contribution in [0.15, 0.2) is 59.5 Å². The van der Waals surface area contributed by atoms with Crippen LogP contribution in [0.5, 0.6) is 5.75 Å². The zero-order valence-corrected chi connectivity index (χ0v) is 23.2. The third kappa shape index (κ3) is 5.73. The summed E-state index contributed by atoms with van der Waals surface area (Å²) in [6, 6.07) is 9.99. The molecule has 2 heterocycles. The number of hydrogen-bond acceptors (Lipinski definition) is 5. The lowest BCUT2D eigenvalue weighted by Gasteiger charge is -2.39. The minimum absolute atomic E-state index is 0.0447. The molecule has 0 spiro atoms. The van der Waals surface area contributed by atoms with Gasteiger partial charge in [0.25, 0.3) is 17.7 Å².